The number of hydrogen-bond acceptors (Lipinski definition) is 6. The fraction of sp³-hybridized carbons (Fsp3) is 0.513. The Bertz CT molecular complexity index is 1780. The molecule has 0 unspecified atom stereocenters. The van der Waals surface area contributed by atoms with E-state index in [0.717, 1.165) is 73.3 Å². The molecule has 238 valence electrons. The first kappa shape index (κ1) is 28.4. The highest BCUT2D eigenvalue weighted by Gasteiger charge is 2.47. The summed E-state index contributed by atoms with van der Waals surface area (Å²) in [6, 6.07) is 17.3. The fourth-order valence-corrected chi connectivity index (χ4v) is 8.23. The number of nitrogens with one attached hydrogen (secondary N) is 1. The number of fused-ring (bicyclic) bond motifs is 1. The van der Waals surface area contributed by atoms with Gasteiger partial charge in [-0.3, -0.25) is 4.79 Å². The van der Waals surface area contributed by atoms with Crippen LogP contribution >= 0.6 is 0 Å². The smallest absolute Gasteiger partial charge is 0.270 e. The van der Waals surface area contributed by atoms with Gasteiger partial charge >= 0.3 is 0 Å². The monoisotopic (exact) mass is 616 g/mol. The first-order valence-electron chi connectivity index (χ1n) is 17.7. The van der Waals surface area contributed by atoms with Crippen LogP contribution in [0.15, 0.2) is 53.1 Å². The second-order valence-corrected chi connectivity index (χ2v) is 15.1. The molecule has 0 atom stereocenters. The van der Waals surface area contributed by atoms with Gasteiger partial charge in [0.2, 0.25) is 0 Å². The van der Waals surface area contributed by atoms with Gasteiger partial charge in [0.25, 0.3) is 5.91 Å². The van der Waals surface area contributed by atoms with Crippen molar-refractivity contribution < 1.29 is 14.1 Å². The number of piperidine rings is 1. The molecule has 2 aromatic heterocycles. The van der Waals surface area contributed by atoms with E-state index in [1.807, 2.05) is 6.07 Å². The van der Waals surface area contributed by atoms with Crippen molar-refractivity contribution in [3.8, 4) is 17.0 Å². The summed E-state index contributed by atoms with van der Waals surface area (Å²) in [5.41, 5.74) is 7.94. The standard InChI is InChI=1S/C39H44N4O3/c1-24-5-2-3-8-30(24)36-32(37(46-42-36)26-9-10-26)19-25-22-39(23-25)15-17-43(18-16-39)28-13-14-33-31(20-28)35(45-29-6-4-7-29)21-34(41-33)38(44)40-27-11-12-27/h2-3,5,8,13-14,20-21,25-27,29H,4,6-7,9-12,15-19,22-23H2,1H3,(H,40,44). The van der Waals surface area contributed by atoms with E-state index in [1.165, 1.54) is 67.3 Å². The third-order valence-electron chi connectivity index (χ3n) is 11.5. The SMILES string of the molecule is Cc1ccccc1-c1noc(C2CC2)c1CC1CC2(CCN(c3ccc4nc(C(=O)NC5CC5)cc(OC5CCC5)c4c3)CC2)C1. The van der Waals surface area contributed by atoms with E-state index in [9.17, 15) is 4.79 Å². The predicted molar refractivity (Wildman–Crippen MR) is 179 cm³/mol. The molecule has 5 aliphatic rings. The number of ether oxygens (including phenoxy) is 1. The maximum absolute atomic E-state index is 12.9. The summed E-state index contributed by atoms with van der Waals surface area (Å²) in [6.45, 7) is 4.32. The average molecular weight is 617 g/mol. The van der Waals surface area contributed by atoms with Gasteiger partial charge in [-0.25, -0.2) is 4.98 Å². The van der Waals surface area contributed by atoms with Crippen LogP contribution in [0.2, 0.25) is 0 Å². The lowest BCUT2D eigenvalue weighted by Gasteiger charge is -2.53. The Balaban J connectivity index is 0.887. The molecule has 1 saturated heterocycles. The molecular formula is C39H44N4O3. The molecule has 0 radical (unpaired) electrons. The second kappa shape index (κ2) is 11.1. The number of anilines is 1. The highest BCUT2D eigenvalue weighted by atomic mass is 16.5. The van der Waals surface area contributed by atoms with E-state index in [1.54, 1.807) is 0 Å². The number of aromatic nitrogens is 2. The average Bonchev–Trinajstić information content (AvgIpc) is 3.98. The molecule has 1 spiro atoms. The third kappa shape index (κ3) is 5.35. The molecule has 4 saturated carbocycles. The van der Waals surface area contributed by atoms with E-state index in [4.69, 9.17) is 14.2 Å². The first-order chi connectivity index (χ1) is 22.5. The third-order valence-corrected chi connectivity index (χ3v) is 11.5. The van der Waals surface area contributed by atoms with Crippen molar-refractivity contribution in [1.82, 2.24) is 15.5 Å². The molecule has 3 heterocycles. The van der Waals surface area contributed by atoms with Crippen LogP contribution in [-0.2, 0) is 6.42 Å². The van der Waals surface area contributed by atoms with Gasteiger partial charge in [-0.2, -0.15) is 0 Å². The number of pyridine rings is 1. The zero-order valence-corrected chi connectivity index (χ0v) is 26.9. The molecule has 1 N–H and O–H groups in total. The Morgan fingerprint density at radius 3 is 2.54 bits per heavy atom. The molecule has 7 nitrogen and oxygen atoms in total. The summed E-state index contributed by atoms with van der Waals surface area (Å²) in [6.07, 6.45) is 14.3. The van der Waals surface area contributed by atoms with Crippen molar-refractivity contribution in [2.24, 2.45) is 11.3 Å². The van der Waals surface area contributed by atoms with Crippen molar-refractivity contribution in [2.45, 2.75) is 102 Å². The van der Waals surface area contributed by atoms with Gasteiger partial charge < -0.3 is 19.5 Å². The Morgan fingerprint density at radius 1 is 1.02 bits per heavy atom. The summed E-state index contributed by atoms with van der Waals surface area (Å²) < 4.78 is 12.5. The number of rotatable bonds is 9. The summed E-state index contributed by atoms with van der Waals surface area (Å²) in [5, 5.41) is 8.74. The van der Waals surface area contributed by atoms with Crippen LogP contribution in [0.5, 0.6) is 5.75 Å². The molecule has 0 bridgehead atoms. The van der Waals surface area contributed by atoms with Crippen LogP contribution < -0.4 is 15.0 Å². The Labute approximate surface area is 271 Å². The van der Waals surface area contributed by atoms with Gasteiger partial charge in [0.15, 0.2) is 0 Å². The van der Waals surface area contributed by atoms with Crippen LogP contribution in [0.4, 0.5) is 5.69 Å². The molecular weight excluding hydrogens is 572 g/mol. The first-order valence-corrected chi connectivity index (χ1v) is 17.7. The van der Waals surface area contributed by atoms with Crippen LogP contribution in [-0.4, -0.2) is 41.3 Å². The zero-order valence-electron chi connectivity index (χ0n) is 26.9. The molecule has 7 heteroatoms. The number of amides is 1. The summed E-state index contributed by atoms with van der Waals surface area (Å²) in [4.78, 5) is 20.2. The Kier molecular flexibility index (Phi) is 6.86. The highest BCUT2D eigenvalue weighted by molar-refractivity contribution is 5.98. The van der Waals surface area contributed by atoms with Crippen molar-refractivity contribution in [3.05, 3.63) is 71.1 Å². The number of nitrogens with zero attached hydrogens (tertiary/aromatic N) is 3. The molecule has 5 fully saturated rings. The topological polar surface area (TPSA) is 80.5 Å². The molecule has 46 heavy (non-hydrogen) atoms. The van der Waals surface area contributed by atoms with Crippen molar-refractivity contribution in [1.29, 1.82) is 0 Å². The van der Waals surface area contributed by atoms with E-state index in [2.05, 4.69) is 64.8 Å². The predicted octanol–water partition coefficient (Wildman–Crippen LogP) is 8.14. The molecule has 4 aliphatic carbocycles. The van der Waals surface area contributed by atoms with E-state index in [-0.39, 0.29) is 12.0 Å². The maximum atomic E-state index is 12.9. The summed E-state index contributed by atoms with van der Waals surface area (Å²) in [5.74, 6) is 3.15. The molecule has 1 aliphatic heterocycles. The van der Waals surface area contributed by atoms with Crippen molar-refractivity contribution in [2.75, 3.05) is 18.0 Å². The fourth-order valence-electron chi connectivity index (χ4n) is 8.23. The Morgan fingerprint density at radius 2 is 1.83 bits per heavy atom. The minimum atomic E-state index is -0.0914. The second-order valence-electron chi connectivity index (χ2n) is 15.1. The van der Waals surface area contributed by atoms with Crippen LogP contribution in [0, 0.1) is 18.3 Å². The summed E-state index contributed by atoms with van der Waals surface area (Å²) >= 11 is 0. The number of carbonyl (C=O) groups is 1. The van der Waals surface area contributed by atoms with Crippen molar-refractivity contribution >= 4 is 22.5 Å². The Hall–Kier alpha value is -3.87. The maximum Gasteiger partial charge on any atom is 0.270 e. The van der Waals surface area contributed by atoms with Gasteiger partial charge in [0.05, 0.1) is 11.6 Å². The largest absolute Gasteiger partial charge is 0.490 e. The molecule has 1 amide bonds. The molecule has 4 aromatic rings. The minimum absolute atomic E-state index is 0.0914. The normalized spacial score (nSPS) is 21.3. The van der Waals surface area contributed by atoms with Gasteiger partial charge in [-0.1, -0.05) is 29.4 Å². The summed E-state index contributed by atoms with van der Waals surface area (Å²) in [7, 11) is 0. The lowest BCUT2D eigenvalue weighted by atomic mass is 9.56. The van der Waals surface area contributed by atoms with E-state index < -0.39 is 0 Å². The molecule has 9 rings (SSSR count). The quantitative estimate of drug-likeness (QED) is 0.205. The van der Waals surface area contributed by atoms with Crippen molar-refractivity contribution in [3.63, 3.8) is 0 Å². The lowest BCUT2D eigenvalue weighted by Crippen LogP contribution is -2.47. The highest BCUT2D eigenvalue weighted by Crippen LogP contribution is 2.55. The van der Waals surface area contributed by atoms with Gasteiger partial charge in [-0.05, 0) is 119 Å². The van der Waals surface area contributed by atoms with E-state index in [0.29, 0.717) is 29.0 Å². The minimum Gasteiger partial charge on any atom is -0.490 e. The lowest BCUT2D eigenvalue weighted by molar-refractivity contribution is 0.0282. The van der Waals surface area contributed by atoms with Gasteiger partial charge in [-0.15, -0.1) is 0 Å². The van der Waals surface area contributed by atoms with Crippen LogP contribution in [0.1, 0.15) is 104 Å². The van der Waals surface area contributed by atoms with Crippen LogP contribution in [0.3, 0.4) is 0 Å². The van der Waals surface area contributed by atoms with Crippen LogP contribution in [0.25, 0.3) is 22.2 Å². The van der Waals surface area contributed by atoms with E-state index >= 15 is 0 Å². The van der Waals surface area contributed by atoms with Gasteiger partial charge in [0, 0.05) is 53.3 Å². The number of carbonyl (C=O) groups excluding carboxylic acids is 1. The number of hydrogen-bond donors (Lipinski definition) is 1. The molecule has 2 aromatic carbocycles. The zero-order chi connectivity index (χ0) is 30.8. The number of aryl methyl sites for hydroxylation is 1. The van der Waals surface area contributed by atoms with Gasteiger partial charge in [0.1, 0.15) is 22.9 Å². The number of benzene rings is 2.